The Kier molecular flexibility index (Phi) is 5.14. The number of nitrogens with zero attached hydrogens (tertiary/aromatic N) is 2. The molecule has 0 spiro atoms. The molecule has 3 nitrogen and oxygen atoms in total. The summed E-state index contributed by atoms with van der Waals surface area (Å²) in [7, 11) is 0. The van der Waals surface area contributed by atoms with Crippen LogP contribution in [0.25, 0.3) is 0 Å². The number of rotatable bonds is 4. The first-order chi connectivity index (χ1) is 10.8. The molecule has 2 heterocycles. The van der Waals surface area contributed by atoms with Crippen molar-refractivity contribution in [3.63, 3.8) is 0 Å². The SMILES string of the molecule is CCN1CCCC[C@H]1C(=O)N1CCC(Cc2ccccc2)C1. The molecule has 2 saturated heterocycles. The fourth-order valence-corrected chi connectivity index (χ4v) is 4.01. The minimum atomic E-state index is 0.147. The normalized spacial score (nSPS) is 26.3. The first-order valence-corrected chi connectivity index (χ1v) is 8.84. The Labute approximate surface area is 134 Å². The molecule has 22 heavy (non-hydrogen) atoms. The molecule has 2 aliphatic rings. The Morgan fingerprint density at radius 2 is 1.95 bits per heavy atom. The number of likely N-dealkylation sites (N-methyl/N-ethyl adjacent to an activating group) is 1. The van der Waals surface area contributed by atoms with Crippen molar-refractivity contribution < 1.29 is 4.79 Å². The number of carbonyl (C=O) groups excluding carboxylic acids is 1. The van der Waals surface area contributed by atoms with E-state index >= 15 is 0 Å². The fraction of sp³-hybridized carbons (Fsp3) is 0.632. The fourth-order valence-electron chi connectivity index (χ4n) is 4.01. The molecule has 3 heteroatoms. The van der Waals surface area contributed by atoms with Gasteiger partial charge in [-0.15, -0.1) is 0 Å². The molecule has 2 aliphatic heterocycles. The van der Waals surface area contributed by atoms with Crippen LogP contribution in [-0.2, 0) is 11.2 Å². The van der Waals surface area contributed by atoms with Crippen molar-refractivity contribution in [2.75, 3.05) is 26.2 Å². The third-order valence-electron chi connectivity index (χ3n) is 5.27. The van der Waals surface area contributed by atoms with Gasteiger partial charge in [-0.2, -0.15) is 0 Å². The summed E-state index contributed by atoms with van der Waals surface area (Å²) >= 11 is 0. The maximum absolute atomic E-state index is 12.9. The summed E-state index contributed by atoms with van der Waals surface area (Å²) in [5.41, 5.74) is 1.40. The maximum atomic E-state index is 12.9. The second-order valence-electron chi connectivity index (χ2n) is 6.77. The van der Waals surface area contributed by atoms with E-state index in [1.807, 2.05) is 0 Å². The number of carbonyl (C=O) groups is 1. The molecule has 0 bridgehead atoms. The van der Waals surface area contributed by atoms with Crippen molar-refractivity contribution in [2.45, 2.75) is 45.1 Å². The molecule has 0 aliphatic carbocycles. The Morgan fingerprint density at radius 3 is 2.73 bits per heavy atom. The zero-order chi connectivity index (χ0) is 15.4. The standard InChI is InChI=1S/C19H28N2O/c1-2-20-12-7-6-10-18(20)19(22)21-13-11-17(15-21)14-16-8-4-3-5-9-16/h3-5,8-9,17-18H,2,6-7,10-15H2,1H3/t17?,18-/m0/s1. The van der Waals surface area contributed by atoms with Gasteiger partial charge in [0.25, 0.3) is 0 Å². The monoisotopic (exact) mass is 300 g/mol. The van der Waals surface area contributed by atoms with E-state index in [0.29, 0.717) is 11.8 Å². The van der Waals surface area contributed by atoms with Crippen LogP contribution in [0.5, 0.6) is 0 Å². The van der Waals surface area contributed by atoms with Gasteiger partial charge in [-0.05, 0) is 50.3 Å². The van der Waals surface area contributed by atoms with E-state index in [2.05, 4.69) is 47.1 Å². The second kappa shape index (κ2) is 7.28. The zero-order valence-corrected chi connectivity index (χ0v) is 13.7. The molecule has 0 aromatic heterocycles. The minimum absolute atomic E-state index is 0.147. The topological polar surface area (TPSA) is 23.6 Å². The van der Waals surface area contributed by atoms with Gasteiger partial charge in [0.05, 0.1) is 6.04 Å². The molecule has 2 atom stereocenters. The molecule has 1 aromatic carbocycles. The molecular formula is C19H28N2O. The Balaban J connectivity index is 1.56. The zero-order valence-electron chi connectivity index (χ0n) is 13.7. The number of hydrogen-bond acceptors (Lipinski definition) is 2. The van der Waals surface area contributed by atoms with E-state index < -0.39 is 0 Å². The van der Waals surface area contributed by atoms with Crippen LogP contribution in [-0.4, -0.2) is 47.9 Å². The van der Waals surface area contributed by atoms with Gasteiger partial charge in [-0.3, -0.25) is 9.69 Å². The van der Waals surface area contributed by atoms with E-state index in [4.69, 9.17) is 0 Å². The van der Waals surface area contributed by atoms with Crippen LogP contribution in [0.3, 0.4) is 0 Å². The lowest BCUT2D eigenvalue weighted by Gasteiger charge is -2.36. The van der Waals surface area contributed by atoms with Gasteiger partial charge in [0, 0.05) is 13.1 Å². The quantitative estimate of drug-likeness (QED) is 0.853. The summed E-state index contributed by atoms with van der Waals surface area (Å²) in [4.78, 5) is 17.4. The highest BCUT2D eigenvalue weighted by Gasteiger charge is 2.34. The minimum Gasteiger partial charge on any atom is -0.341 e. The number of likely N-dealkylation sites (tertiary alicyclic amines) is 2. The smallest absolute Gasteiger partial charge is 0.239 e. The maximum Gasteiger partial charge on any atom is 0.239 e. The summed E-state index contributed by atoms with van der Waals surface area (Å²) < 4.78 is 0. The highest BCUT2D eigenvalue weighted by Crippen LogP contribution is 2.25. The van der Waals surface area contributed by atoms with E-state index in [1.165, 1.54) is 18.4 Å². The predicted octanol–water partition coefficient (Wildman–Crippen LogP) is 2.95. The second-order valence-corrected chi connectivity index (χ2v) is 6.77. The molecule has 1 unspecified atom stereocenters. The lowest BCUT2D eigenvalue weighted by atomic mass is 9.98. The first kappa shape index (κ1) is 15.5. The lowest BCUT2D eigenvalue weighted by molar-refractivity contribution is -0.137. The van der Waals surface area contributed by atoms with Gasteiger partial charge in [-0.1, -0.05) is 43.7 Å². The van der Waals surface area contributed by atoms with Gasteiger partial charge >= 0.3 is 0 Å². The van der Waals surface area contributed by atoms with Crippen molar-refractivity contribution >= 4 is 5.91 Å². The van der Waals surface area contributed by atoms with Gasteiger partial charge in [0.1, 0.15) is 0 Å². The van der Waals surface area contributed by atoms with E-state index in [0.717, 1.165) is 45.4 Å². The Hall–Kier alpha value is -1.35. The van der Waals surface area contributed by atoms with E-state index in [-0.39, 0.29) is 6.04 Å². The Morgan fingerprint density at radius 1 is 1.14 bits per heavy atom. The van der Waals surface area contributed by atoms with Crippen molar-refractivity contribution in [1.82, 2.24) is 9.80 Å². The number of hydrogen-bond donors (Lipinski definition) is 0. The van der Waals surface area contributed by atoms with Crippen LogP contribution >= 0.6 is 0 Å². The van der Waals surface area contributed by atoms with Crippen LogP contribution in [0.15, 0.2) is 30.3 Å². The number of amides is 1. The lowest BCUT2D eigenvalue weighted by Crippen LogP contribution is -2.50. The number of benzene rings is 1. The summed E-state index contributed by atoms with van der Waals surface area (Å²) in [5, 5.41) is 0. The van der Waals surface area contributed by atoms with Gasteiger partial charge in [-0.25, -0.2) is 0 Å². The van der Waals surface area contributed by atoms with Crippen LogP contribution in [0.4, 0.5) is 0 Å². The molecule has 0 radical (unpaired) electrons. The van der Waals surface area contributed by atoms with Crippen molar-refractivity contribution in [2.24, 2.45) is 5.92 Å². The van der Waals surface area contributed by atoms with Gasteiger partial charge in [0.15, 0.2) is 0 Å². The van der Waals surface area contributed by atoms with E-state index in [1.54, 1.807) is 0 Å². The highest BCUT2D eigenvalue weighted by atomic mass is 16.2. The third kappa shape index (κ3) is 3.52. The predicted molar refractivity (Wildman–Crippen MR) is 89.7 cm³/mol. The van der Waals surface area contributed by atoms with E-state index in [9.17, 15) is 4.79 Å². The molecule has 3 rings (SSSR count). The molecule has 1 aromatic rings. The summed E-state index contributed by atoms with van der Waals surface area (Å²) in [6.07, 6.45) is 5.75. The van der Waals surface area contributed by atoms with Crippen LogP contribution in [0.2, 0.25) is 0 Å². The molecule has 0 saturated carbocycles. The molecule has 1 amide bonds. The molecular weight excluding hydrogens is 272 g/mol. The number of piperidine rings is 1. The third-order valence-corrected chi connectivity index (χ3v) is 5.27. The Bertz CT molecular complexity index is 487. The molecule has 120 valence electrons. The van der Waals surface area contributed by atoms with Gasteiger partial charge < -0.3 is 4.90 Å². The summed E-state index contributed by atoms with van der Waals surface area (Å²) in [5.74, 6) is 1.02. The van der Waals surface area contributed by atoms with Crippen molar-refractivity contribution in [1.29, 1.82) is 0 Å². The average Bonchev–Trinajstić information content (AvgIpc) is 3.03. The summed E-state index contributed by atoms with van der Waals surface area (Å²) in [6, 6.07) is 10.8. The van der Waals surface area contributed by atoms with Crippen LogP contribution < -0.4 is 0 Å². The van der Waals surface area contributed by atoms with Crippen molar-refractivity contribution in [3.05, 3.63) is 35.9 Å². The van der Waals surface area contributed by atoms with Crippen LogP contribution in [0, 0.1) is 5.92 Å². The first-order valence-electron chi connectivity index (χ1n) is 8.84. The molecule has 2 fully saturated rings. The average molecular weight is 300 g/mol. The summed E-state index contributed by atoms with van der Waals surface area (Å²) in [6.45, 7) is 6.16. The highest BCUT2D eigenvalue weighted by molar-refractivity contribution is 5.82. The largest absolute Gasteiger partial charge is 0.341 e. The van der Waals surface area contributed by atoms with Crippen molar-refractivity contribution in [3.8, 4) is 0 Å². The van der Waals surface area contributed by atoms with Gasteiger partial charge in [0.2, 0.25) is 5.91 Å². The molecule has 0 N–H and O–H groups in total. The van der Waals surface area contributed by atoms with Crippen LogP contribution in [0.1, 0.15) is 38.2 Å².